The van der Waals surface area contributed by atoms with Crippen LogP contribution >= 0.6 is 0 Å². The van der Waals surface area contributed by atoms with Gasteiger partial charge in [0.15, 0.2) is 5.82 Å². The predicted molar refractivity (Wildman–Crippen MR) is 61.9 cm³/mol. The van der Waals surface area contributed by atoms with Gasteiger partial charge in [0.1, 0.15) is 5.82 Å². The minimum Gasteiger partial charge on any atom is -0.308 e. The van der Waals surface area contributed by atoms with Gasteiger partial charge in [0, 0.05) is 12.1 Å². The van der Waals surface area contributed by atoms with Crippen LogP contribution in [-0.4, -0.2) is 21.3 Å². The summed E-state index contributed by atoms with van der Waals surface area (Å²) >= 11 is 0. The summed E-state index contributed by atoms with van der Waals surface area (Å²) in [6, 6.07) is 9.58. The first-order valence-electron chi connectivity index (χ1n) is 5.52. The molecule has 2 heterocycles. The van der Waals surface area contributed by atoms with Crippen molar-refractivity contribution in [2.75, 3.05) is 6.54 Å². The molecule has 1 aliphatic rings. The number of aromatic nitrogens is 3. The largest absolute Gasteiger partial charge is 0.308 e. The molecule has 0 aliphatic carbocycles. The van der Waals surface area contributed by atoms with E-state index in [2.05, 4.69) is 21.5 Å². The van der Waals surface area contributed by atoms with E-state index < -0.39 is 0 Å². The standard InChI is InChI=1S/C12H11N5/c13-7-9-3-1-2-4-10(9)12-15-11-8-14-5-6-17(11)16-12/h1-4,14H,5-6,8H2. The molecule has 2 aromatic rings. The smallest absolute Gasteiger partial charge is 0.182 e. The Kier molecular flexibility index (Phi) is 2.35. The van der Waals surface area contributed by atoms with E-state index in [1.807, 2.05) is 22.9 Å². The van der Waals surface area contributed by atoms with Gasteiger partial charge in [0.2, 0.25) is 0 Å². The Hall–Kier alpha value is -2.19. The van der Waals surface area contributed by atoms with Crippen molar-refractivity contribution in [2.24, 2.45) is 0 Å². The summed E-state index contributed by atoms with van der Waals surface area (Å²) in [6.45, 7) is 2.48. The number of hydrogen-bond acceptors (Lipinski definition) is 4. The van der Waals surface area contributed by atoms with E-state index in [9.17, 15) is 0 Å². The molecule has 0 atom stereocenters. The van der Waals surface area contributed by atoms with Crippen LogP contribution in [0.15, 0.2) is 24.3 Å². The molecule has 0 saturated heterocycles. The third-order valence-electron chi connectivity index (χ3n) is 2.82. The fourth-order valence-electron chi connectivity index (χ4n) is 1.96. The third kappa shape index (κ3) is 1.69. The highest BCUT2D eigenvalue weighted by atomic mass is 15.4. The molecule has 1 aromatic heterocycles. The zero-order valence-electron chi connectivity index (χ0n) is 9.22. The Morgan fingerprint density at radius 2 is 2.24 bits per heavy atom. The fraction of sp³-hybridized carbons (Fsp3) is 0.250. The average Bonchev–Trinajstić information content (AvgIpc) is 2.82. The molecule has 1 aromatic carbocycles. The normalized spacial score (nSPS) is 14.1. The molecule has 0 bridgehead atoms. The van der Waals surface area contributed by atoms with Crippen molar-refractivity contribution in [3.05, 3.63) is 35.7 Å². The maximum absolute atomic E-state index is 9.06. The van der Waals surface area contributed by atoms with Crippen LogP contribution in [0.4, 0.5) is 0 Å². The molecular formula is C12H11N5. The van der Waals surface area contributed by atoms with Crippen LogP contribution in [0, 0.1) is 11.3 Å². The van der Waals surface area contributed by atoms with Crippen LogP contribution in [0.1, 0.15) is 11.4 Å². The van der Waals surface area contributed by atoms with Gasteiger partial charge >= 0.3 is 0 Å². The number of benzene rings is 1. The van der Waals surface area contributed by atoms with Crippen molar-refractivity contribution < 1.29 is 0 Å². The van der Waals surface area contributed by atoms with Crippen LogP contribution < -0.4 is 5.32 Å². The van der Waals surface area contributed by atoms with Crippen molar-refractivity contribution in [2.45, 2.75) is 13.1 Å². The van der Waals surface area contributed by atoms with Crippen LogP contribution in [-0.2, 0) is 13.1 Å². The molecule has 84 valence electrons. The average molecular weight is 225 g/mol. The zero-order chi connectivity index (χ0) is 11.7. The maximum atomic E-state index is 9.06. The third-order valence-corrected chi connectivity index (χ3v) is 2.82. The lowest BCUT2D eigenvalue weighted by molar-refractivity contribution is 0.469. The van der Waals surface area contributed by atoms with Gasteiger partial charge < -0.3 is 5.32 Å². The quantitative estimate of drug-likeness (QED) is 0.783. The summed E-state index contributed by atoms with van der Waals surface area (Å²) in [5.74, 6) is 1.57. The second-order valence-corrected chi connectivity index (χ2v) is 3.91. The Morgan fingerprint density at radius 3 is 3.06 bits per heavy atom. The molecule has 0 saturated carbocycles. The summed E-state index contributed by atoms with van der Waals surface area (Å²) in [7, 11) is 0. The zero-order valence-corrected chi connectivity index (χ0v) is 9.22. The van der Waals surface area contributed by atoms with Crippen molar-refractivity contribution >= 4 is 0 Å². The molecule has 0 amide bonds. The lowest BCUT2D eigenvalue weighted by atomic mass is 10.1. The van der Waals surface area contributed by atoms with Gasteiger partial charge in [-0.05, 0) is 12.1 Å². The molecule has 1 aliphatic heterocycles. The Bertz CT molecular complexity index is 570. The lowest BCUT2D eigenvalue weighted by Gasteiger charge is -2.11. The van der Waals surface area contributed by atoms with E-state index >= 15 is 0 Å². The van der Waals surface area contributed by atoms with Crippen LogP contribution in [0.3, 0.4) is 0 Å². The molecular weight excluding hydrogens is 214 g/mol. The molecule has 5 heteroatoms. The van der Waals surface area contributed by atoms with Gasteiger partial charge in [-0.3, -0.25) is 0 Å². The van der Waals surface area contributed by atoms with E-state index in [0.717, 1.165) is 31.0 Å². The highest BCUT2D eigenvalue weighted by molar-refractivity contribution is 5.64. The molecule has 0 radical (unpaired) electrons. The summed E-state index contributed by atoms with van der Waals surface area (Å²) in [5.41, 5.74) is 1.42. The fourth-order valence-corrected chi connectivity index (χ4v) is 1.96. The number of hydrogen-bond donors (Lipinski definition) is 1. The summed E-state index contributed by atoms with van der Waals surface area (Å²) < 4.78 is 1.90. The van der Waals surface area contributed by atoms with Crippen molar-refractivity contribution in [1.29, 1.82) is 5.26 Å². The molecule has 3 rings (SSSR count). The van der Waals surface area contributed by atoms with Gasteiger partial charge in [-0.25, -0.2) is 9.67 Å². The monoisotopic (exact) mass is 225 g/mol. The Morgan fingerprint density at radius 1 is 1.35 bits per heavy atom. The van der Waals surface area contributed by atoms with Gasteiger partial charge in [-0.1, -0.05) is 12.1 Å². The van der Waals surface area contributed by atoms with Crippen molar-refractivity contribution in [3.8, 4) is 17.5 Å². The predicted octanol–water partition coefficient (Wildman–Crippen LogP) is 0.920. The maximum Gasteiger partial charge on any atom is 0.182 e. The van der Waals surface area contributed by atoms with Gasteiger partial charge in [-0.15, -0.1) is 0 Å². The molecule has 0 fully saturated rings. The second kappa shape index (κ2) is 4.00. The second-order valence-electron chi connectivity index (χ2n) is 3.91. The molecule has 1 N–H and O–H groups in total. The van der Waals surface area contributed by atoms with E-state index in [1.165, 1.54) is 0 Å². The Labute approximate surface area is 98.7 Å². The van der Waals surface area contributed by atoms with Crippen LogP contribution in [0.25, 0.3) is 11.4 Å². The van der Waals surface area contributed by atoms with E-state index in [4.69, 9.17) is 5.26 Å². The molecule has 0 spiro atoms. The molecule has 17 heavy (non-hydrogen) atoms. The van der Waals surface area contributed by atoms with Gasteiger partial charge in [-0.2, -0.15) is 10.4 Å². The highest BCUT2D eigenvalue weighted by Gasteiger charge is 2.16. The summed E-state index contributed by atoms with van der Waals surface area (Å²) in [6.07, 6.45) is 0. The topological polar surface area (TPSA) is 66.5 Å². The van der Waals surface area contributed by atoms with Crippen LogP contribution in [0.2, 0.25) is 0 Å². The number of nitriles is 1. The first-order valence-corrected chi connectivity index (χ1v) is 5.52. The number of fused-ring (bicyclic) bond motifs is 1. The van der Waals surface area contributed by atoms with Gasteiger partial charge in [0.25, 0.3) is 0 Å². The first-order chi connectivity index (χ1) is 8.38. The molecule has 0 unspecified atom stereocenters. The minimum atomic E-state index is 0.614. The highest BCUT2D eigenvalue weighted by Crippen LogP contribution is 2.20. The van der Waals surface area contributed by atoms with Crippen molar-refractivity contribution in [1.82, 2.24) is 20.1 Å². The molecule has 5 nitrogen and oxygen atoms in total. The van der Waals surface area contributed by atoms with E-state index in [1.54, 1.807) is 6.07 Å². The summed E-state index contributed by atoms with van der Waals surface area (Å²) in [4.78, 5) is 4.47. The van der Waals surface area contributed by atoms with Gasteiger partial charge in [0.05, 0.1) is 24.7 Å². The summed E-state index contributed by atoms with van der Waals surface area (Å²) in [5, 5.41) is 16.7. The number of nitrogens with zero attached hydrogens (tertiary/aromatic N) is 4. The lowest BCUT2D eigenvalue weighted by Crippen LogP contribution is -2.28. The van der Waals surface area contributed by atoms with E-state index in [0.29, 0.717) is 11.4 Å². The SMILES string of the molecule is N#Cc1ccccc1-c1nc2n(n1)CCNC2. The number of rotatable bonds is 1. The number of nitrogens with one attached hydrogen (secondary N) is 1. The first kappa shape index (κ1) is 10.00. The van der Waals surface area contributed by atoms with E-state index in [-0.39, 0.29) is 0 Å². The van der Waals surface area contributed by atoms with Crippen molar-refractivity contribution in [3.63, 3.8) is 0 Å². The Balaban J connectivity index is 2.10. The minimum absolute atomic E-state index is 0.614. The van der Waals surface area contributed by atoms with Crippen LogP contribution in [0.5, 0.6) is 0 Å².